The number of pyridine rings is 1. The highest BCUT2D eigenvalue weighted by Crippen LogP contribution is 2.24. The Morgan fingerprint density at radius 2 is 1.50 bits per heavy atom. The van der Waals surface area contributed by atoms with E-state index in [-0.39, 0.29) is 5.41 Å². The van der Waals surface area contributed by atoms with Crippen LogP contribution in [0.5, 0.6) is 0 Å². The summed E-state index contributed by atoms with van der Waals surface area (Å²) in [6.07, 6.45) is 1.83. The molecule has 1 heterocycles. The molecule has 0 saturated heterocycles. The summed E-state index contributed by atoms with van der Waals surface area (Å²) in [6, 6.07) is 10.6. The average Bonchev–Trinajstić information content (AvgIpc) is 2.42. The molecule has 1 nitrogen and oxygen atoms in total. The molecule has 100 valence electrons. The lowest BCUT2D eigenvalue weighted by atomic mass is 9.86. The number of aromatic nitrogens is 1. The summed E-state index contributed by atoms with van der Waals surface area (Å²) in [7, 11) is 0. The van der Waals surface area contributed by atoms with Crippen molar-refractivity contribution in [2.45, 2.75) is 53.9 Å². The van der Waals surface area contributed by atoms with E-state index in [4.69, 9.17) is 0 Å². The van der Waals surface area contributed by atoms with Gasteiger partial charge in [0.05, 0.1) is 5.52 Å². The van der Waals surface area contributed by atoms with Crippen LogP contribution in [0.15, 0.2) is 36.5 Å². The number of benzene rings is 1. The Balaban J connectivity index is 0.000000659. The summed E-state index contributed by atoms with van der Waals surface area (Å²) in [5.41, 5.74) is 2.64. The molecule has 2 rings (SSSR count). The lowest BCUT2D eigenvalue weighted by Crippen LogP contribution is -2.10. The minimum absolute atomic E-state index is 0.212. The van der Waals surface area contributed by atoms with Gasteiger partial charge in [-0.25, -0.2) is 0 Å². The summed E-state index contributed by atoms with van der Waals surface area (Å²) in [5, 5.41) is 1.22. The first kappa shape index (κ1) is 16.6. The maximum absolute atomic E-state index is 4.30. The second kappa shape index (κ2) is 7.86. The van der Waals surface area contributed by atoms with E-state index in [9.17, 15) is 0 Å². The Morgan fingerprint density at radius 1 is 0.889 bits per heavy atom. The Kier molecular flexibility index (Phi) is 7.26. The molecule has 0 aliphatic heterocycles. The average molecular weight is 245 g/mol. The first-order valence-electron chi connectivity index (χ1n) is 6.93. The summed E-state index contributed by atoms with van der Waals surface area (Å²) >= 11 is 0. The van der Waals surface area contributed by atoms with Gasteiger partial charge in [-0.1, -0.05) is 60.6 Å². The second-order valence-electron chi connectivity index (χ2n) is 4.66. The predicted molar refractivity (Wildman–Crippen MR) is 83.1 cm³/mol. The number of hydrogen-bond donors (Lipinski definition) is 0. The molecular formula is C17H27N. The van der Waals surface area contributed by atoms with Gasteiger partial charge < -0.3 is 0 Å². The molecule has 18 heavy (non-hydrogen) atoms. The van der Waals surface area contributed by atoms with E-state index in [1.54, 1.807) is 0 Å². The summed E-state index contributed by atoms with van der Waals surface area (Å²) in [4.78, 5) is 4.30. The van der Waals surface area contributed by atoms with Crippen molar-refractivity contribution in [1.82, 2.24) is 4.98 Å². The van der Waals surface area contributed by atoms with Crippen LogP contribution in [-0.2, 0) is 5.41 Å². The molecule has 1 heteroatoms. The van der Waals surface area contributed by atoms with E-state index in [0.717, 1.165) is 5.52 Å². The molecule has 0 radical (unpaired) electrons. The Labute approximate surface area is 112 Å². The molecule has 2 aromatic rings. The van der Waals surface area contributed by atoms with Crippen molar-refractivity contribution in [1.29, 1.82) is 0 Å². The van der Waals surface area contributed by atoms with Gasteiger partial charge in [-0.05, 0) is 29.2 Å². The Morgan fingerprint density at radius 3 is 2.06 bits per heavy atom. The fourth-order valence-corrected chi connectivity index (χ4v) is 1.54. The first-order chi connectivity index (χ1) is 8.57. The zero-order valence-corrected chi connectivity index (χ0v) is 12.9. The van der Waals surface area contributed by atoms with E-state index in [1.807, 2.05) is 40.0 Å². The Hall–Kier alpha value is -1.37. The minimum atomic E-state index is 0.212. The molecule has 0 saturated carbocycles. The summed E-state index contributed by atoms with van der Waals surface area (Å²) < 4.78 is 0. The van der Waals surface area contributed by atoms with Gasteiger partial charge in [-0.15, -0.1) is 0 Å². The number of rotatable bonds is 0. The van der Waals surface area contributed by atoms with Crippen molar-refractivity contribution < 1.29 is 0 Å². The predicted octanol–water partition coefficient (Wildman–Crippen LogP) is 5.58. The van der Waals surface area contributed by atoms with Gasteiger partial charge >= 0.3 is 0 Å². The number of fused-ring (bicyclic) bond motifs is 1. The molecule has 0 amide bonds. The van der Waals surface area contributed by atoms with Crippen LogP contribution in [0.1, 0.15) is 54.0 Å². The fraction of sp³-hybridized carbons (Fsp3) is 0.471. The molecule has 0 fully saturated rings. The van der Waals surface area contributed by atoms with Crippen molar-refractivity contribution in [3.05, 3.63) is 42.1 Å². The van der Waals surface area contributed by atoms with Crippen LogP contribution < -0.4 is 0 Å². The van der Waals surface area contributed by atoms with Crippen LogP contribution in [0.2, 0.25) is 0 Å². The molecule has 1 aromatic heterocycles. The van der Waals surface area contributed by atoms with E-state index in [1.165, 1.54) is 10.9 Å². The topological polar surface area (TPSA) is 12.9 Å². The zero-order chi connectivity index (χ0) is 14.2. The van der Waals surface area contributed by atoms with E-state index in [2.05, 4.69) is 50.0 Å². The number of hydrogen-bond acceptors (Lipinski definition) is 1. The fourth-order valence-electron chi connectivity index (χ4n) is 1.54. The van der Waals surface area contributed by atoms with Gasteiger partial charge in [-0.3, -0.25) is 4.98 Å². The van der Waals surface area contributed by atoms with Crippen molar-refractivity contribution >= 4 is 10.9 Å². The quantitative estimate of drug-likeness (QED) is 0.590. The first-order valence-corrected chi connectivity index (χ1v) is 6.93. The van der Waals surface area contributed by atoms with Crippen molar-refractivity contribution in [2.24, 2.45) is 0 Å². The minimum Gasteiger partial charge on any atom is -0.256 e. The van der Waals surface area contributed by atoms with Crippen LogP contribution in [-0.4, -0.2) is 4.98 Å². The third kappa shape index (κ3) is 4.48. The van der Waals surface area contributed by atoms with Gasteiger partial charge in [-0.2, -0.15) is 0 Å². The molecule has 0 aliphatic carbocycles. The van der Waals surface area contributed by atoms with Crippen LogP contribution in [0, 0.1) is 0 Å². The molecule has 0 bridgehead atoms. The molecule has 1 aromatic carbocycles. The third-order valence-corrected chi connectivity index (χ3v) is 2.47. The highest BCUT2D eigenvalue weighted by Gasteiger charge is 2.13. The van der Waals surface area contributed by atoms with Gasteiger partial charge in [0.2, 0.25) is 0 Å². The normalized spacial score (nSPS) is 9.94. The molecule has 0 aliphatic rings. The van der Waals surface area contributed by atoms with E-state index in [0.29, 0.717) is 0 Å². The van der Waals surface area contributed by atoms with E-state index >= 15 is 0 Å². The van der Waals surface area contributed by atoms with Crippen LogP contribution >= 0.6 is 0 Å². The van der Waals surface area contributed by atoms with Crippen LogP contribution in [0.25, 0.3) is 10.9 Å². The molecular weight excluding hydrogens is 218 g/mol. The monoisotopic (exact) mass is 245 g/mol. The molecule has 0 spiro atoms. The second-order valence-corrected chi connectivity index (χ2v) is 4.66. The van der Waals surface area contributed by atoms with Gasteiger partial charge in [0.25, 0.3) is 0 Å². The molecule has 0 unspecified atom stereocenters. The lowest BCUT2D eigenvalue weighted by Gasteiger charge is -2.19. The number of nitrogens with zero attached hydrogens (tertiary/aromatic N) is 1. The van der Waals surface area contributed by atoms with E-state index < -0.39 is 0 Å². The highest BCUT2D eigenvalue weighted by atomic mass is 14.6. The SMILES string of the molecule is CC.CC.CC(C)(C)c1ccc2ncccc2c1. The summed E-state index contributed by atoms with van der Waals surface area (Å²) in [5.74, 6) is 0. The van der Waals surface area contributed by atoms with Gasteiger partial charge in [0.15, 0.2) is 0 Å². The highest BCUT2D eigenvalue weighted by molar-refractivity contribution is 5.79. The molecule has 0 N–H and O–H groups in total. The zero-order valence-electron chi connectivity index (χ0n) is 12.9. The van der Waals surface area contributed by atoms with Crippen molar-refractivity contribution in [2.75, 3.05) is 0 Å². The van der Waals surface area contributed by atoms with Crippen LogP contribution in [0.4, 0.5) is 0 Å². The van der Waals surface area contributed by atoms with Crippen molar-refractivity contribution in [3.8, 4) is 0 Å². The maximum atomic E-state index is 4.30. The lowest BCUT2D eigenvalue weighted by molar-refractivity contribution is 0.591. The van der Waals surface area contributed by atoms with Crippen molar-refractivity contribution in [3.63, 3.8) is 0 Å². The van der Waals surface area contributed by atoms with Crippen LogP contribution in [0.3, 0.4) is 0 Å². The maximum Gasteiger partial charge on any atom is 0.0702 e. The Bertz CT molecular complexity index is 452. The molecule has 0 atom stereocenters. The summed E-state index contributed by atoms with van der Waals surface area (Å²) in [6.45, 7) is 14.7. The smallest absolute Gasteiger partial charge is 0.0702 e. The largest absolute Gasteiger partial charge is 0.256 e. The van der Waals surface area contributed by atoms with Gasteiger partial charge in [0, 0.05) is 11.6 Å². The standard InChI is InChI=1S/C13H15N.2C2H6/c1-13(2,3)11-6-7-12-10(9-11)5-4-8-14-12;2*1-2/h4-9H,1-3H3;2*1-2H3. The van der Waals surface area contributed by atoms with Gasteiger partial charge in [0.1, 0.15) is 0 Å². The third-order valence-electron chi connectivity index (χ3n) is 2.47.